The predicted molar refractivity (Wildman–Crippen MR) is 52.9 cm³/mol. The summed E-state index contributed by atoms with van der Waals surface area (Å²) >= 11 is 0. The monoisotopic (exact) mass is 233 g/mol. The van der Waals surface area contributed by atoms with Gasteiger partial charge in [-0.3, -0.25) is 5.10 Å². The Bertz CT molecular complexity index is 339. The average molecular weight is 233 g/mol. The van der Waals surface area contributed by atoms with Crippen LogP contribution in [-0.4, -0.2) is 23.3 Å². The number of aromatic nitrogens is 2. The van der Waals surface area contributed by atoms with Crippen molar-refractivity contribution in [2.24, 2.45) is 5.92 Å². The lowest BCUT2D eigenvalue weighted by atomic mass is 9.93. The first-order valence-electron chi connectivity index (χ1n) is 5.37. The van der Waals surface area contributed by atoms with E-state index in [4.69, 9.17) is 0 Å². The second-order valence-corrected chi connectivity index (χ2v) is 4.18. The van der Waals surface area contributed by atoms with Crippen molar-refractivity contribution in [2.45, 2.75) is 25.4 Å². The Hall–Kier alpha value is -1.04. The quantitative estimate of drug-likeness (QED) is 0.820. The van der Waals surface area contributed by atoms with E-state index in [1.54, 1.807) is 0 Å². The van der Waals surface area contributed by atoms with Gasteiger partial charge in [0.25, 0.3) is 0 Å². The number of rotatable bonds is 2. The molecule has 2 heterocycles. The van der Waals surface area contributed by atoms with E-state index in [0.717, 1.165) is 32.1 Å². The van der Waals surface area contributed by atoms with Gasteiger partial charge in [-0.15, -0.1) is 0 Å². The molecule has 6 heteroatoms. The van der Waals surface area contributed by atoms with Crippen LogP contribution in [0.5, 0.6) is 0 Å². The lowest BCUT2D eigenvalue weighted by molar-refractivity contribution is -0.138. The van der Waals surface area contributed by atoms with Gasteiger partial charge in [0, 0.05) is 5.69 Å². The highest BCUT2D eigenvalue weighted by Crippen LogP contribution is 2.32. The summed E-state index contributed by atoms with van der Waals surface area (Å²) in [5.41, 5.74) is -0.417. The Morgan fingerprint density at radius 1 is 1.44 bits per heavy atom. The molecule has 1 fully saturated rings. The number of H-pyrrole nitrogens is 1. The molecule has 0 aliphatic carbocycles. The van der Waals surface area contributed by atoms with Crippen molar-refractivity contribution >= 4 is 0 Å². The maximum absolute atomic E-state index is 12.6. The molecule has 0 spiro atoms. The van der Waals surface area contributed by atoms with Crippen molar-refractivity contribution in [1.82, 2.24) is 15.5 Å². The van der Waals surface area contributed by atoms with Gasteiger partial charge in [-0.25, -0.2) is 0 Å². The third-order valence-electron chi connectivity index (χ3n) is 2.92. The third-order valence-corrected chi connectivity index (χ3v) is 2.92. The highest BCUT2D eigenvalue weighted by atomic mass is 19.4. The summed E-state index contributed by atoms with van der Waals surface area (Å²) in [5.74, 6) is 0.273. The van der Waals surface area contributed by atoms with E-state index in [1.807, 2.05) is 0 Å². The van der Waals surface area contributed by atoms with E-state index in [9.17, 15) is 13.2 Å². The second-order valence-electron chi connectivity index (χ2n) is 4.18. The fraction of sp³-hybridized carbons (Fsp3) is 0.700. The molecule has 1 atom stereocenters. The largest absolute Gasteiger partial charge is 0.419 e. The molecule has 0 aromatic carbocycles. The Labute approximate surface area is 91.4 Å². The highest BCUT2D eigenvalue weighted by Gasteiger charge is 2.35. The SMILES string of the molecule is FC(F)(F)c1cn[nH]c1CC1CCCNC1. The van der Waals surface area contributed by atoms with Crippen LogP contribution in [-0.2, 0) is 12.6 Å². The second kappa shape index (κ2) is 4.45. The van der Waals surface area contributed by atoms with Gasteiger partial charge in [0.1, 0.15) is 0 Å². The molecule has 2 N–H and O–H groups in total. The summed E-state index contributed by atoms with van der Waals surface area (Å²) in [6.45, 7) is 1.75. The molecule has 2 rings (SSSR count). The van der Waals surface area contributed by atoms with Gasteiger partial charge in [-0.2, -0.15) is 18.3 Å². The number of piperidine rings is 1. The maximum atomic E-state index is 12.6. The molecule has 1 aliphatic heterocycles. The molecule has 90 valence electrons. The van der Waals surface area contributed by atoms with Crippen molar-refractivity contribution < 1.29 is 13.2 Å². The van der Waals surface area contributed by atoms with Crippen LogP contribution >= 0.6 is 0 Å². The van der Waals surface area contributed by atoms with Gasteiger partial charge in [-0.1, -0.05) is 0 Å². The van der Waals surface area contributed by atoms with Crippen LogP contribution in [0.3, 0.4) is 0 Å². The summed E-state index contributed by atoms with van der Waals surface area (Å²) in [6, 6.07) is 0. The lowest BCUT2D eigenvalue weighted by Gasteiger charge is -2.22. The molecule has 1 aromatic heterocycles. The van der Waals surface area contributed by atoms with Crippen LogP contribution in [0.1, 0.15) is 24.1 Å². The first kappa shape index (κ1) is 11.4. The van der Waals surface area contributed by atoms with Crippen molar-refractivity contribution in [1.29, 1.82) is 0 Å². The summed E-state index contributed by atoms with van der Waals surface area (Å²) in [7, 11) is 0. The van der Waals surface area contributed by atoms with Crippen LogP contribution in [0.15, 0.2) is 6.20 Å². The molecular weight excluding hydrogens is 219 g/mol. The molecular formula is C10H14F3N3. The van der Waals surface area contributed by atoms with E-state index >= 15 is 0 Å². The van der Waals surface area contributed by atoms with Crippen LogP contribution in [0.4, 0.5) is 13.2 Å². The summed E-state index contributed by atoms with van der Waals surface area (Å²) in [6.07, 6.45) is -1.01. The minimum Gasteiger partial charge on any atom is -0.316 e. The number of nitrogens with one attached hydrogen (secondary N) is 2. The molecule has 1 aromatic rings. The number of hydrogen-bond donors (Lipinski definition) is 2. The van der Waals surface area contributed by atoms with Crippen molar-refractivity contribution in [3.05, 3.63) is 17.5 Å². The normalized spacial score (nSPS) is 22.3. The zero-order chi connectivity index (χ0) is 11.6. The predicted octanol–water partition coefficient (Wildman–Crippen LogP) is 1.97. The first-order valence-corrected chi connectivity index (χ1v) is 5.37. The molecule has 0 radical (unpaired) electrons. The van der Waals surface area contributed by atoms with Gasteiger partial charge in [0.2, 0.25) is 0 Å². The summed E-state index contributed by atoms with van der Waals surface area (Å²) in [5, 5.41) is 9.14. The van der Waals surface area contributed by atoms with Crippen molar-refractivity contribution in [2.75, 3.05) is 13.1 Å². The number of alkyl halides is 3. The fourth-order valence-electron chi connectivity index (χ4n) is 2.10. The fourth-order valence-corrected chi connectivity index (χ4v) is 2.10. The Kier molecular flexibility index (Phi) is 3.18. The van der Waals surface area contributed by atoms with Gasteiger partial charge in [0.15, 0.2) is 0 Å². The molecule has 16 heavy (non-hydrogen) atoms. The van der Waals surface area contributed by atoms with E-state index in [2.05, 4.69) is 15.5 Å². The van der Waals surface area contributed by atoms with Crippen LogP contribution in [0.2, 0.25) is 0 Å². The van der Waals surface area contributed by atoms with Crippen LogP contribution < -0.4 is 5.32 Å². The number of aromatic amines is 1. The average Bonchev–Trinajstić information content (AvgIpc) is 2.67. The maximum Gasteiger partial charge on any atom is 0.419 e. The lowest BCUT2D eigenvalue weighted by Crippen LogP contribution is -2.31. The van der Waals surface area contributed by atoms with E-state index in [0.29, 0.717) is 6.42 Å². The Balaban J connectivity index is 2.06. The Morgan fingerprint density at radius 3 is 2.88 bits per heavy atom. The molecule has 1 saturated heterocycles. The summed E-state index contributed by atoms with van der Waals surface area (Å²) < 4.78 is 37.7. The van der Waals surface area contributed by atoms with Crippen LogP contribution in [0, 0.1) is 5.92 Å². The molecule has 0 saturated carbocycles. The van der Waals surface area contributed by atoms with Crippen molar-refractivity contribution in [3.63, 3.8) is 0 Å². The third kappa shape index (κ3) is 2.55. The minimum absolute atomic E-state index is 0.209. The van der Waals surface area contributed by atoms with E-state index < -0.39 is 11.7 Å². The highest BCUT2D eigenvalue weighted by molar-refractivity contribution is 5.20. The molecule has 1 unspecified atom stereocenters. The molecule has 0 amide bonds. The van der Waals surface area contributed by atoms with Gasteiger partial charge < -0.3 is 5.32 Å². The Morgan fingerprint density at radius 2 is 2.25 bits per heavy atom. The molecule has 0 bridgehead atoms. The van der Waals surface area contributed by atoms with E-state index in [-0.39, 0.29) is 11.6 Å². The number of nitrogens with zero attached hydrogens (tertiary/aromatic N) is 1. The zero-order valence-corrected chi connectivity index (χ0v) is 8.77. The van der Waals surface area contributed by atoms with Gasteiger partial charge in [-0.05, 0) is 38.3 Å². The topological polar surface area (TPSA) is 40.7 Å². The summed E-state index contributed by atoms with van der Waals surface area (Å²) in [4.78, 5) is 0. The number of hydrogen-bond acceptors (Lipinski definition) is 2. The van der Waals surface area contributed by atoms with E-state index in [1.165, 1.54) is 0 Å². The molecule has 1 aliphatic rings. The smallest absolute Gasteiger partial charge is 0.316 e. The zero-order valence-electron chi connectivity index (χ0n) is 8.77. The van der Waals surface area contributed by atoms with Crippen LogP contribution in [0.25, 0.3) is 0 Å². The first-order chi connectivity index (χ1) is 7.57. The number of halogens is 3. The standard InChI is InChI=1S/C10H14F3N3/c11-10(12,13)8-6-15-16-9(8)4-7-2-1-3-14-5-7/h6-7,14H,1-5H2,(H,15,16). The minimum atomic E-state index is -4.30. The molecule has 3 nitrogen and oxygen atoms in total. The van der Waals surface area contributed by atoms with Gasteiger partial charge in [0.05, 0.1) is 11.8 Å². The van der Waals surface area contributed by atoms with Crippen molar-refractivity contribution in [3.8, 4) is 0 Å². The van der Waals surface area contributed by atoms with Gasteiger partial charge >= 0.3 is 6.18 Å².